The molecule has 0 amide bonds. The van der Waals surface area contributed by atoms with Crippen molar-refractivity contribution < 1.29 is 17.7 Å². The SMILES string of the molecule is Cc1ccc2nc3c(cc(S(=O)(=O)c4ccccc4)c(N)[n+]3C[C@H]3CCCO3)c(=O)n2c1. The van der Waals surface area contributed by atoms with E-state index in [1.807, 2.05) is 13.0 Å². The average Bonchev–Trinajstić information content (AvgIpc) is 3.30. The van der Waals surface area contributed by atoms with Crippen LogP contribution in [0, 0.1) is 6.92 Å². The van der Waals surface area contributed by atoms with E-state index in [2.05, 4.69) is 4.98 Å². The maximum Gasteiger partial charge on any atom is 0.278 e. The number of pyridine rings is 2. The zero-order chi connectivity index (χ0) is 22.5. The van der Waals surface area contributed by atoms with E-state index in [1.165, 1.54) is 22.6 Å². The predicted molar refractivity (Wildman–Crippen MR) is 119 cm³/mol. The number of ether oxygens (including phenoxy) is 1. The summed E-state index contributed by atoms with van der Waals surface area (Å²) in [5, 5.41) is 0.190. The molecule has 0 bridgehead atoms. The van der Waals surface area contributed by atoms with Gasteiger partial charge in [0.2, 0.25) is 21.3 Å². The Morgan fingerprint density at radius 3 is 2.72 bits per heavy atom. The summed E-state index contributed by atoms with van der Waals surface area (Å²) >= 11 is 0. The molecular formula is C23H23N4O4S+. The molecule has 164 valence electrons. The van der Waals surface area contributed by atoms with Gasteiger partial charge in [-0.25, -0.2) is 13.0 Å². The molecule has 0 aliphatic carbocycles. The molecule has 1 aromatic carbocycles. The number of hydrogen-bond acceptors (Lipinski definition) is 6. The van der Waals surface area contributed by atoms with E-state index >= 15 is 0 Å². The average molecular weight is 452 g/mol. The summed E-state index contributed by atoms with van der Waals surface area (Å²) in [6.07, 6.45) is 3.31. The molecule has 1 aliphatic rings. The van der Waals surface area contributed by atoms with Crippen molar-refractivity contribution in [2.75, 3.05) is 12.3 Å². The van der Waals surface area contributed by atoms with Gasteiger partial charge in [-0.15, -0.1) is 0 Å². The summed E-state index contributed by atoms with van der Waals surface area (Å²) < 4.78 is 35.7. The molecule has 32 heavy (non-hydrogen) atoms. The lowest BCUT2D eigenvalue weighted by atomic mass is 10.2. The molecule has 2 N–H and O–H groups in total. The van der Waals surface area contributed by atoms with Crippen LogP contribution in [0.1, 0.15) is 18.4 Å². The normalized spacial score (nSPS) is 16.7. The van der Waals surface area contributed by atoms with Crippen LogP contribution in [0.2, 0.25) is 0 Å². The number of aromatic nitrogens is 3. The highest BCUT2D eigenvalue weighted by Gasteiger charge is 2.31. The molecule has 0 spiro atoms. The summed E-state index contributed by atoms with van der Waals surface area (Å²) in [5.41, 5.74) is 7.80. The molecule has 1 aliphatic heterocycles. The molecule has 0 radical (unpaired) electrons. The fraction of sp³-hybridized carbons (Fsp3) is 0.261. The number of sulfone groups is 1. The topological polar surface area (TPSA) is 108 Å². The van der Waals surface area contributed by atoms with Crippen molar-refractivity contribution in [1.29, 1.82) is 0 Å². The van der Waals surface area contributed by atoms with E-state index in [0.29, 0.717) is 24.4 Å². The Morgan fingerprint density at radius 1 is 1.22 bits per heavy atom. The van der Waals surface area contributed by atoms with Gasteiger partial charge in [-0.2, -0.15) is 0 Å². The van der Waals surface area contributed by atoms with Gasteiger partial charge in [0, 0.05) is 12.8 Å². The van der Waals surface area contributed by atoms with Gasteiger partial charge in [0.1, 0.15) is 10.3 Å². The van der Waals surface area contributed by atoms with Gasteiger partial charge < -0.3 is 10.5 Å². The second kappa shape index (κ2) is 7.68. The van der Waals surface area contributed by atoms with Crippen LogP contribution >= 0.6 is 0 Å². The third kappa shape index (κ3) is 3.34. The molecule has 5 rings (SSSR count). The predicted octanol–water partition coefficient (Wildman–Crippen LogP) is 2.04. The van der Waals surface area contributed by atoms with E-state index in [0.717, 1.165) is 18.4 Å². The van der Waals surface area contributed by atoms with Crippen LogP contribution in [0.25, 0.3) is 16.7 Å². The van der Waals surface area contributed by atoms with Gasteiger partial charge in [-0.3, -0.25) is 9.20 Å². The van der Waals surface area contributed by atoms with E-state index in [9.17, 15) is 13.2 Å². The van der Waals surface area contributed by atoms with Crippen molar-refractivity contribution in [3.63, 3.8) is 0 Å². The molecule has 0 saturated carbocycles. The zero-order valence-corrected chi connectivity index (χ0v) is 18.4. The third-order valence-electron chi connectivity index (χ3n) is 5.81. The number of nitrogens with zero attached hydrogens (tertiary/aromatic N) is 3. The number of nitrogens with two attached hydrogens (primary N) is 1. The minimum atomic E-state index is -3.96. The smallest absolute Gasteiger partial charge is 0.278 e. The van der Waals surface area contributed by atoms with Gasteiger partial charge in [0.25, 0.3) is 11.2 Å². The Balaban J connectivity index is 1.85. The van der Waals surface area contributed by atoms with Crippen molar-refractivity contribution in [3.05, 3.63) is 70.6 Å². The van der Waals surface area contributed by atoms with Crippen LogP contribution in [-0.2, 0) is 21.1 Å². The summed E-state index contributed by atoms with van der Waals surface area (Å²) in [6.45, 7) is 2.83. The molecule has 0 unspecified atom stereocenters. The monoisotopic (exact) mass is 451 g/mol. The van der Waals surface area contributed by atoms with Crippen LogP contribution in [0.4, 0.5) is 5.82 Å². The summed E-state index contributed by atoms with van der Waals surface area (Å²) in [7, 11) is -3.96. The van der Waals surface area contributed by atoms with Crippen LogP contribution in [0.3, 0.4) is 0 Å². The van der Waals surface area contributed by atoms with Gasteiger partial charge in [-0.05, 0) is 49.6 Å². The quantitative estimate of drug-likeness (QED) is 0.376. The first-order chi connectivity index (χ1) is 15.4. The number of rotatable bonds is 4. The van der Waals surface area contributed by atoms with Crippen LogP contribution in [0.15, 0.2) is 69.3 Å². The van der Waals surface area contributed by atoms with Gasteiger partial charge in [0.05, 0.1) is 17.5 Å². The largest absolute Gasteiger partial charge is 0.375 e. The van der Waals surface area contributed by atoms with E-state index < -0.39 is 9.84 Å². The van der Waals surface area contributed by atoms with E-state index in [-0.39, 0.29) is 32.7 Å². The van der Waals surface area contributed by atoms with Gasteiger partial charge >= 0.3 is 0 Å². The highest BCUT2D eigenvalue weighted by atomic mass is 32.2. The lowest BCUT2D eigenvalue weighted by molar-refractivity contribution is -0.667. The molecule has 1 atom stereocenters. The summed E-state index contributed by atoms with van der Waals surface area (Å²) in [4.78, 5) is 18.1. The Hall–Kier alpha value is -3.30. The van der Waals surface area contributed by atoms with E-state index in [4.69, 9.17) is 10.5 Å². The van der Waals surface area contributed by atoms with Crippen LogP contribution in [-0.4, -0.2) is 30.5 Å². The van der Waals surface area contributed by atoms with Crippen LogP contribution < -0.4 is 15.9 Å². The number of hydrogen-bond donors (Lipinski definition) is 1. The molecular weight excluding hydrogens is 428 g/mol. The fourth-order valence-corrected chi connectivity index (χ4v) is 5.58. The lowest BCUT2D eigenvalue weighted by Crippen LogP contribution is -2.45. The molecule has 4 aromatic rings. The fourth-order valence-electron chi connectivity index (χ4n) is 4.15. The Labute approximate surface area is 184 Å². The minimum absolute atomic E-state index is 0.0419. The van der Waals surface area contributed by atoms with Crippen molar-refractivity contribution in [2.24, 2.45) is 0 Å². The Kier molecular flexibility index (Phi) is 4.94. The zero-order valence-electron chi connectivity index (χ0n) is 17.6. The van der Waals surface area contributed by atoms with Crippen LogP contribution in [0.5, 0.6) is 0 Å². The first-order valence-corrected chi connectivity index (χ1v) is 11.9. The highest BCUT2D eigenvalue weighted by molar-refractivity contribution is 7.91. The maximum atomic E-state index is 13.5. The molecule has 1 saturated heterocycles. The standard InChI is InChI=1S/C23H22N4O4S/c1-15-9-10-20-25-22-18(23(28)26(20)13-15)12-19(32(29,30)17-7-3-2-4-8-17)21(24)27(22)14-16-6-5-11-31-16/h2-4,7-10,12-13,16,24H,5-6,11,14H2,1H3/p+1/t16-/m1/s1. The number of aryl methyl sites for hydroxylation is 1. The molecule has 4 heterocycles. The Morgan fingerprint density at radius 2 is 2.00 bits per heavy atom. The Bertz CT molecular complexity index is 1510. The highest BCUT2D eigenvalue weighted by Crippen LogP contribution is 2.26. The summed E-state index contributed by atoms with van der Waals surface area (Å²) in [6, 6.07) is 13.0. The number of fused-ring (bicyclic) bond motifs is 2. The third-order valence-corrected chi connectivity index (χ3v) is 7.61. The van der Waals surface area contributed by atoms with Crippen molar-refractivity contribution in [1.82, 2.24) is 9.38 Å². The van der Waals surface area contributed by atoms with Gasteiger partial charge in [0.15, 0.2) is 0 Å². The van der Waals surface area contributed by atoms with E-state index in [1.54, 1.807) is 35.0 Å². The molecule has 3 aromatic heterocycles. The van der Waals surface area contributed by atoms with Crippen molar-refractivity contribution >= 4 is 32.3 Å². The number of nitrogen functional groups attached to an aromatic ring is 1. The molecule has 8 nitrogen and oxygen atoms in total. The maximum absolute atomic E-state index is 13.5. The van der Waals surface area contributed by atoms with Crippen molar-refractivity contribution in [3.8, 4) is 0 Å². The molecule has 9 heteroatoms. The number of anilines is 1. The van der Waals surface area contributed by atoms with Gasteiger partial charge in [-0.1, -0.05) is 29.2 Å². The molecule has 1 fully saturated rings. The second-order valence-corrected chi connectivity index (χ2v) is 9.96. The number of benzene rings is 1. The van der Waals surface area contributed by atoms with Crippen molar-refractivity contribution in [2.45, 2.75) is 42.2 Å². The first kappa shape index (κ1) is 20.6. The lowest BCUT2D eigenvalue weighted by Gasteiger charge is -2.15. The first-order valence-electron chi connectivity index (χ1n) is 10.4. The summed E-state index contributed by atoms with van der Waals surface area (Å²) in [5.74, 6) is 0.0419. The second-order valence-electron chi connectivity index (χ2n) is 8.04. The minimum Gasteiger partial charge on any atom is -0.375 e.